The van der Waals surface area contributed by atoms with Crippen molar-refractivity contribution in [1.82, 2.24) is 14.9 Å². The lowest BCUT2D eigenvalue weighted by Gasteiger charge is -2.10. The molecule has 0 spiro atoms. The number of amides is 1. The molecule has 1 heterocycles. The maximum absolute atomic E-state index is 13.6. The number of para-hydroxylation sites is 2. The number of aromatic nitrogens is 2. The van der Waals surface area contributed by atoms with Crippen LogP contribution in [0.1, 0.15) is 29.5 Å². The summed E-state index contributed by atoms with van der Waals surface area (Å²) in [6.45, 7) is 7.17. The van der Waals surface area contributed by atoms with E-state index < -0.39 is 11.7 Å². The summed E-state index contributed by atoms with van der Waals surface area (Å²) in [5.41, 5.74) is 3.17. The van der Waals surface area contributed by atoms with Crippen LogP contribution in [-0.4, -0.2) is 22.0 Å². The van der Waals surface area contributed by atoms with Gasteiger partial charge in [0, 0.05) is 19.5 Å². The second-order valence-electron chi connectivity index (χ2n) is 6.40. The van der Waals surface area contributed by atoms with E-state index in [9.17, 15) is 9.18 Å². The molecule has 134 valence electrons. The van der Waals surface area contributed by atoms with Crippen LogP contribution in [0.5, 0.6) is 0 Å². The number of imidazole rings is 1. The Morgan fingerprint density at radius 2 is 1.92 bits per heavy atom. The smallest absolute Gasteiger partial charge is 0.254 e. The van der Waals surface area contributed by atoms with Crippen LogP contribution in [0.15, 0.2) is 60.7 Å². The van der Waals surface area contributed by atoms with Crippen LogP contribution in [0, 0.1) is 5.82 Å². The quantitative estimate of drug-likeness (QED) is 0.514. The number of halogens is 1. The number of benzene rings is 2. The van der Waals surface area contributed by atoms with Crippen LogP contribution in [0.4, 0.5) is 4.39 Å². The van der Waals surface area contributed by atoms with Crippen molar-refractivity contribution in [2.75, 3.05) is 6.54 Å². The summed E-state index contributed by atoms with van der Waals surface area (Å²) in [4.78, 5) is 16.8. The number of carbonyl (C=O) groups is 1. The number of fused-ring (bicyclic) bond motifs is 1. The van der Waals surface area contributed by atoms with Crippen molar-refractivity contribution in [3.8, 4) is 0 Å². The summed E-state index contributed by atoms with van der Waals surface area (Å²) in [6, 6.07) is 14.0. The largest absolute Gasteiger partial charge is 0.352 e. The molecule has 1 N–H and O–H groups in total. The second-order valence-corrected chi connectivity index (χ2v) is 6.40. The Labute approximate surface area is 152 Å². The third-order valence-corrected chi connectivity index (χ3v) is 4.14. The average molecular weight is 351 g/mol. The van der Waals surface area contributed by atoms with Crippen molar-refractivity contribution in [2.24, 2.45) is 0 Å². The molecule has 0 radical (unpaired) electrons. The van der Waals surface area contributed by atoms with Crippen molar-refractivity contribution in [3.05, 3.63) is 77.9 Å². The average Bonchev–Trinajstić information content (AvgIpc) is 2.96. The van der Waals surface area contributed by atoms with E-state index in [2.05, 4.69) is 22.5 Å². The molecule has 0 saturated carbocycles. The van der Waals surface area contributed by atoms with Crippen molar-refractivity contribution in [1.29, 1.82) is 0 Å². The first-order valence-electron chi connectivity index (χ1n) is 8.67. The van der Waals surface area contributed by atoms with Gasteiger partial charge >= 0.3 is 0 Å². The van der Waals surface area contributed by atoms with Gasteiger partial charge in [0.05, 0.1) is 16.6 Å². The van der Waals surface area contributed by atoms with E-state index >= 15 is 0 Å². The molecule has 0 fully saturated rings. The monoisotopic (exact) mass is 351 g/mol. The van der Waals surface area contributed by atoms with E-state index in [-0.39, 0.29) is 5.56 Å². The van der Waals surface area contributed by atoms with E-state index in [1.807, 2.05) is 25.1 Å². The molecule has 1 aromatic heterocycles. The highest BCUT2D eigenvalue weighted by Crippen LogP contribution is 2.18. The highest BCUT2D eigenvalue weighted by atomic mass is 19.1. The minimum atomic E-state index is -0.506. The Balaban J connectivity index is 1.64. The molecule has 4 nitrogen and oxygen atoms in total. The number of carbonyl (C=O) groups excluding carboxylic acids is 1. The summed E-state index contributed by atoms with van der Waals surface area (Å²) in [7, 11) is 0. The van der Waals surface area contributed by atoms with Crippen molar-refractivity contribution >= 4 is 16.9 Å². The van der Waals surface area contributed by atoms with Gasteiger partial charge in [0.15, 0.2) is 0 Å². The maximum atomic E-state index is 13.6. The molecule has 0 bridgehead atoms. The minimum absolute atomic E-state index is 0.0713. The highest BCUT2D eigenvalue weighted by Gasteiger charge is 2.12. The molecule has 3 rings (SSSR count). The van der Waals surface area contributed by atoms with Gasteiger partial charge < -0.3 is 9.88 Å². The maximum Gasteiger partial charge on any atom is 0.254 e. The third kappa shape index (κ3) is 3.99. The van der Waals surface area contributed by atoms with Crippen LogP contribution in [0.2, 0.25) is 0 Å². The standard InChI is InChI=1S/C21H22FN3O/c1-15(2)14-25-19-11-6-5-10-18(19)24-20(25)12-7-13-23-21(26)16-8-3-4-9-17(16)22/h3-6,8-11H,1,7,12-14H2,2H3,(H,23,26). The third-order valence-electron chi connectivity index (χ3n) is 4.14. The van der Waals surface area contributed by atoms with Gasteiger partial charge in [-0.1, -0.05) is 36.4 Å². The summed E-state index contributed by atoms with van der Waals surface area (Å²) >= 11 is 0. The summed E-state index contributed by atoms with van der Waals surface area (Å²) in [5, 5.41) is 2.77. The Morgan fingerprint density at radius 1 is 1.19 bits per heavy atom. The second kappa shape index (κ2) is 7.95. The zero-order chi connectivity index (χ0) is 18.5. The number of rotatable bonds is 7. The van der Waals surface area contributed by atoms with Gasteiger partial charge in [-0.3, -0.25) is 4.79 Å². The molecule has 1 amide bonds. The van der Waals surface area contributed by atoms with Gasteiger partial charge in [-0.2, -0.15) is 0 Å². The first-order valence-corrected chi connectivity index (χ1v) is 8.67. The Morgan fingerprint density at radius 3 is 2.69 bits per heavy atom. The number of aryl methyl sites for hydroxylation is 1. The lowest BCUT2D eigenvalue weighted by atomic mass is 10.2. The normalized spacial score (nSPS) is 10.8. The van der Waals surface area contributed by atoms with E-state index in [0.29, 0.717) is 6.54 Å². The van der Waals surface area contributed by atoms with Crippen molar-refractivity contribution < 1.29 is 9.18 Å². The zero-order valence-corrected chi connectivity index (χ0v) is 14.8. The van der Waals surface area contributed by atoms with Crippen LogP contribution >= 0.6 is 0 Å². The molecule has 0 atom stereocenters. The fraction of sp³-hybridized carbons (Fsp3) is 0.238. The topological polar surface area (TPSA) is 46.9 Å². The van der Waals surface area contributed by atoms with E-state index in [1.165, 1.54) is 12.1 Å². The summed E-state index contributed by atoms with van der Waals surface area (Å²) in [5.74, 6) is 0.0705. The minimum Gasteiger partial charge on any atom is -0.352 e. The fourth-order valence-corrected chi connectivity index (χ4v) is 2.95. The molecular formula is C21H22FN3O. The zero-order valence-electron chi connectivity index (χ0n) is 14.8. The van der Waals surface area contributed by atoms with Crippen LogP contribution in [0.3, 0.4) is 0 Å². The lowest BCUT2D eigenvalue weighted by Crippen LogP contribution is -2.25. The number of hydrogen-bond acceptors (Lipinski definition) is 2. The molecule has 0 unspecified atom stereocenters. The van der Waals surface area contributed by atoms with Crippen molar-refractivity contribution in [3.63, 3.8) is 0 Å². The van der Waals surface area contributed by atoms with Gasteiger partial charge in [-0.05, 0) is 37.6 Å². The number of nitrogens with one attached hydrogen (secondary N) is 1. The van der Waals surface area contributed by atoms with Crippen LogP contribution in [-0.2, 0) is 13.0 Å². The number of nitrogens with zero attached hydrogens (tertiary/aromatic N) is 2. The molecule has 3 aromatic rings. The number of hydrogen-bond donors (Lipinski definition) is 1. The first kappa shape index (κ1) is 17.9. The molecule has 5 heteroatoms. The molecular weight excluding hydrogens is 329 g/mol. The molecule has 0 aliphatic rings. The van der Waals surface area contributed by atoms with E-state index in [0.717, 1.165) is 41.8 Å². The van der Waals surface area contributed by atoms with Gasteiger partial charge in [0.25, 0.3) is 5.91 Å². The molecule has 26 heavy (non-hydrogen) atoms. The lowest BCUT2D eigenvalue weighted by molar-refractivity contribution is 0.0949. The van der Waals surface area contributed by atoms with E-state index in [1.54, 1.807) is 12.1 Å². The highest BCUT2D eigenvalue weighted by molar-refractivity contribution is 5.94. The van der Waals surface area contributed by atoms with Gasteiger partial charge in [-0.15, -0.1) is 0 Å². The van der Waals surface area contributed by atoms with E-state index in [4.69, 9.17) is 4.98 Å². The summed E-state index contributed by atoms with van der Waals surface area (Å²) < 4.78 is 15.8. The number of allylic oxidation sites excluding steroid dienone is 1. The van der Waals surface area contributed by atoms with Gasteiger partial charge in [0.1, 0.15) is 11.6 Å². The molecule has 0 aliphatic carbocycles. The molecule has 2 aromatic carbocycles. The first-order chi connectivity index (χ1) is 12.6. The SMILES string of the molecule is C=C(C)Cn1c(CCCNC(=O)c2ccccc2F)nc2ccccc21. The molecule has 0 aliphatic heterocycles. The Kier molecular flexibility index (Phi) is 5.46. The predicted molar refractivity (Wildman–Crippen MR) is 102 cm³/mol. The van der Waals surface area contributed by atoms with Crippen molar-refractivity contribution in [2.45, 2.75) is 26.3 Å². The molecule has 0 saturated heterocycles. The van der Waals surface area contributed by atoms with Gasteiger partial charge in [-0.25, -0.2) is 9.37 Å². The Bertz CT molecular complexity index is 945. The summed E-state index contributed by atoms with van der Waals surface area (Å²) in [6.07, 6.45) is 1.44. The van der Waals surface area contributed by atoms with Crippen LogP contribution in [0.25, 0.3) is 11.0 Å². The Hall–Kier alpha value is -2.95. The van der Waals surface area contributed by atoms with Crippen LogP contribution < -0.4 is 5.32 Å². The predicted octanol–water partition coefficient (Wildman–Crippen LogP) is 4.11. The fourth-order valence-electron chi connectivity index (χ4n) is 2.95. The van der Waals surface area contributed by atoms with Gasteiger partial charge in [0.2, 0.25) is 0 Å².